The Labute approximate surface area is 116 Å². The lowest BCUT2D eigenvalue weighted by atomic mass is 10.0. The maximum absolute atomic E-state index is 12.0. The van der Waals surface area contributed by atoms with Gasteiger partial charge in [0.05, 0.1) is 11.3 Å². The molecule has 0 N–H and O–H groups in total. The summed E-state index contributed by atoms with van der Waals surface area (Å²) in [6, 6.07) is 8.50. The molecule has 0 unspecified atom stereocenters. The monoisotopic (exact) mass is 297 g/mol. The molecule has 1 aliphatic rings. The molecule has 0 heterocycles. The lowest BCUT2D eigenvalue weighted by Crippen LogP contribution is -2.17. The van der Waals surface area contributed by atoms with Crippen molar-refractivity contribution in [3.05, 3.63) is 34.9 Å². The zero-order valence-corrected chi connectivity index (χ0v) is 11.8. The number of sulfone groups is 1. The highest BCUT2D eigenvalue weighted by Crippen LogP contribution is 2.61. The van der Waals surface area contributed by atoms with Crippen LogP contribution < -0.4 is 0 Å². The smallest absolute Gasteiger partial charge is 0.155 e. The Hall–Kier alpha value is -1.38. The van der Waals surface area contributed by atoms with Crippen molar-refractivity contribution in [1.29, 1.82) is 5.26 Å². The number of hydrogen-bond acceptors (Lipinski definition) is 4. The number of nitriles is 1. The fourth-order valence-corrected chi connectivity index (χ4v) is 4.63. The van der Waals surface area contributed by atoms with Crippen molar-refractivity contribution in [2.75, 3.05) is 5.75 Å². The van der Waals surface area contributed by atoms with E-state index in [0.717, 1.165) is 0 Å². The Morgan fingerprint density at radius 1 is 1.53 bits per heavy atom. The number of benzene rings is 1. The SMILES string of the molecule is CCS(=O)(=O)[C@@H]1[C@H](c2cccc(Cl)c2)[C@]1(C#N)C=O. The molecule has 6 heteroatoms. The Bertz CT molecular complexity index is 665. The first-order chi connectivity index (χ1) is 8.93. The first kappa shape index (κ1) is 14.0. The fraction of sp³-hybridized carbons (Fsp3) is 0.385. The van der Waals surface area contributed by atoms with E-state index < -0.39 is 26.4 Å². The van der Waals surface area contributed by atoms with Crippen molar-refractivity contribution in [2.24, 2.45) is 5.41 Å². The number of aldehydes is 1. The van der Waals surface area contributed by atoms with Crippen LogP contribution in [0.5, 0.6) is 0 Å². The van der Waals surface area contributed by atoms with E-state index in [-0.39, 0.29) is 5.75 Å². The summed E-state index contributed by atoms with van der Waals surface area (Å²) < 4.78 is 24.0. The van der Waals surface area contributed by atoms with E-state index in [1.807, 2.05) is 6.07 Å². The molecule has 4 nitrogen and oxygen atoms in total. The molecule has 100 valence electrons. The average molecular weight is 298 g/mol. The maximum atomic E-state index is 12.0. The summed E-state index contributed by atoms with van der Waals surface area (Å²) >= 11 is 5.87. The predicted molar refractivity (Wildman–Crippen MR) is 71.6 cm³/mol. The summed E-state index contributed by atoms with van der Waals surface area (Å²) in [6.07, 6.45) is 0.455. The second-order valence-electron chi connectivity index (χ2n) is 4.57. The minimum atomic E-state index is -3.46. The van der Waals surface area contributed by atoms with Crippen molar-refractivity contribution in [3.63, 3.8) is 0 Å². The molecule has 0 aliphatic heterocycles. The van der Waals surface area contributed by atoms with E-state index in [4.69, 9.17) is 11.6 Å². The van der Waals surface area contributed by atoms with Crippen molar-refractivity contribution >= 4 is 27.7 Å². The topological polar surface area (TPSA) is 75.0 Å². The van der Waals surface area contributed by atoms with Gasteiger partial charge in [0.1, 0.15) is 11.7 Å². The molecule has 2 rings (SSSR count). The Balaban J connectivity index is 2.52. The van der Waals surface area contributed by atoms with Gasteiger partial charge in [-0.05, 0) is 17.7 Å². The van der Waals surface area contributed by atoms with E-state index in [2.05, 4.69) is 0 Å². The third-order valence-electron chi connectivity index (χ3n) is 3.56. The molecular formula is C13H12ClNO3S. The Morgan fingerprint density at radius 3 is 2.68 bits per heavy atom. The standard InChI is InChI=1S/C13H12ClNO3S/c1-2-19(17,18)12-11(13(12,7-15)8-16)9-4-3-5-10(14)6-9/h3-6,8,11-12H,2H2,1H3/t11-,12+,13-/m0/s1. The summed E-state index contributed by atoms with van der Waals surface area (Å²) in [6.45, 7) is 1.51. The van der Waals surface area contributed by atoms with Crippen LogP contribution in [0.25, 0.3) is 0 Å². The molecule has 0 amide bonds. The molecule has 0 radical (unpaired) electrons. The van der Waals surface area contributed by atoms with Crippen LogP contribution in [0.2, 0.25) is 5.02 Å². The Morgan fingerprint density at radius 2 is 2.21 bits per heavy atom. The van der Waals surface area contributed by atoms with Gasteiger partial charge in [0.2, 0.25) is 0 Å². The molecule has 1 aromatic carbocycles. The van der Waals surface area contributed by atoms with E-state index in [1.165, 1.54) is 6.92 Å². The lowest BCUT2D eigenvalue weighted by Gasteiger charge is -2.00. The van der Waals surface area contributed by atoms with Gasteiger partial charge in [-0.25, -0.2) is 8.42 Å². The summed E-state index contributed by atoms with van der Waals surface area (Å²) in [5.74, 6) is -0.718. The molecule has 1 saturated carbocycles. The van der Waals surface area contributed by atoms with Crippen LogP contribution in [0.4, 0.5) is 0 Å². The molecule has 3 atom stereocenters. The molecule has 0 spiro atoms. The van der Waals surface area contributed by atoms with Gasteiger partial charge in [0, 0.05) is 16.7 Å². The minimum Gasteiger partial charge on any atom is -0.302 e. The number of carbonyl (C=O) groups is 1. The highest BCUT2D eigenvalue weighted by Gasteiger charge is 2.72. The molecule has 19 heavy (non-hydrogen) atoms. The molecule has 0 bridgehead atoms. The lowest BCUT2D eigenvalue weighted by molar-refractivity contribution is -0.110. The summed E-state index contributed by atoms with van der Waals surface area (Å²) in [4.78, 5) is 11.2. The number of nitrogens with zero attached hydrogens (tertiary/aromatic N) is 1. The normalized spacial score (nSPS) is 29.5. The van der Waals surface area contributed by atoms with Crippen LogP contribution in [-0.4, -0.2) is 25.7 Å². The number of halogens is 1. The van der Waals surface area contributed by atoms with Crippen LogP contribution in [0.3, 0.4) is 0 Å². The maximum Gasteiger partial charge on any atom is 0.155 e. The first-order valence-electron chi connectivity index (χ1n) is 5.77. The van der Waals surface area contributed by atoms with E-state index in [9.17, 15) is 18.5 Å². The second kappa shape index (κ2) is 4.62. The largest absolute Gasteiger partial charge is 0.302 e. The molecule has 1 aromatic rings. The molecule has 0 saturated heterocycles. The zero-order chi connectivity index (χ0) is 14.3. The molecule has 0 aromatic heterocycles. The first-order valence-corrected chi connectivity index (χ1v) is 7.87. The van der Waals surface area contributed by atoms with Gasteiger partial charge in [0.25, 0.3) is 0 Å². The van der Waals surface area contributed by atoms with Crippen LogP contribution in [-0.2, 0) is 14.6 Å². The van der Waals surface area contributed by atoms with Gasteiger partial charge in [-0.2, -0.15) is 5.26 Å². The van der Waals surface area contributed by atoms with Gasteiger partial charge in [-0.1, -0.05) is 30.7 Å². The summed E-state index contributed by atoms with van der Waals surface area (Å²) in [5, 5.41) is 8.69. The van der Waals surface area contributed by atoms with Crippen LogP contribution in [0.1, 0.15) is 18.4 Å². The quantitative estimate of drug-likeness (QED) is 0.796. The van der Waals surface area contributed by atoms with Crippen molar-refractivity contribution in [1.82, 2.24) is 0 Å². The number of rotatable bonds is 4. The Kier molecular flexibility index (Phi) is 3.41. The van der Waals surface area contributed by atoms with Gasteiger partial charge < -0.3 is 4.79 Å². The third kappa shape index (κ3) is 2.05. The molecular weight excluding hydrogens is 286 g/mol. The van der Waals surface area contributed by atoms with Crippen LogP contribution in [0.15, 0.2) is 24.3 Å². The number of hydrogen-bond donors (Lipinski definition) is 0. The van der Waals surface area contributed by atoms with Crippen molar-refractivity contribution in [3.8, 4) is 6.07 Å². The fourth-order valence-electron chi connectivity index (χ4n) is 2.51. The van der Waals surface area contributed by atoms with E-state index >= 15 is 0 Å². The minimum absolute atomic E-state index is 0.0913. The van der Waals surface area contributed by atoms with Gasteiger partial charge in [-0.15, -0.1) is 0 Å². The third-order valence-corrected chi connectivity index (χ3v) is 6.04. The summed E-state index contributed by atoms with van der Waals surface area (Å²) in [5.41, 5.74) is -0.859. The highest BCUT2D eigenvalue weighted by molar-refractivity contribution is 7.92. The number of carbonyl (C=O) groups excluding carboxylic acids is 1. The van der Waals surface area contributed by atoms with Crippen LogP contribution in [0, 0.1) is 16.7 Å². The van der Waals surface area contributed by atoms with Gasteiger partial charge >= 0.3 is 0 Å². The summed E-state index contributed by atoms with van der Waals surface area (Å²) in [7, 11) is -3.46. The second-order valence-corrected chi connectivity index (χ2v) is 7.41. The van der Waals surface area contributed by atoms with Gasteiger partial charge in [-0.3, -0.25) is 0 Å². The predicted octanol–water partition coefficient (Wildman–Crippen LogP) is 1.95. The molecule has 1 fully saturated rings. The molecule has 1 aliphatic carbocycles. The van der Waals surface area contributed by atoms with Crippen molar-refractivity contribution in [2.45, 2.75) is 18.1 Å². The van der Waals surface area contributed by atoms with Crippen molar-refractivity contribution < 1.29 is 13.2 Å². The van der Waals surface area contributed by atoms with E-state index in [1.54, 1.807) is 24.3 Å². The van der Waals surface area contributed by atoms with E-state index in [0.29, 0.717) is 16.9 Å². The average Bonchev–Trinajstić information content (AvgIpc) is 3.09. The van der Waals surface area contributed by atoms with Gasteiger partial charge in [0.15, 0.2) is 9.84 Å². The zero-order valence-electron chi connectivity index (χ0n) is 10.2. The highest BCUT2D eigenvalue weighted by atomic mass is 35.5. The van der Waals surface area contributed by atoms with Crippen LogP contribution >= 0.6 is 11.6 Å².